The first-order valence-electron chi connectivity index (χ1n) is 11.7. The molecule has 8 heteroatoms. The fraction of sp³-hybridized carbons (Fsp3) is 0.423. The molecule has 0 atom stereocenters. The summed E-state index contributed by atoms with van der Waals surface area (Å²) >= 11 is 0. The predicted molar refractivity (Wildman–Crippen MR) is 128 cm³/mol. The standard InChI is InChI=1S/C26H32N2O6/c1-32-23-11-7-10-21(16-23)28-24(29)17-33-22-14-12-19(13-15-22)26(31)34-18-25(30)27-20-8-5-3-2-4-6-9-20/h7,10-16,20H,2-6,8-9,17-18H2,1H3,(H,27,30)(H,28,29). The van der Waals surface area contributed by atoms with E-state index in [2.05, 4.69) is 10.6 Å². The van der Waals surface area contributed by atoms with Crippen LogP contribution < -0.4 is 20.1 Å². The van der Waals surface area contributed by atoms with Crippen LogP contribution >= 0.6 is 0 Å². The molecule has 2 amide bonds. The van der Waals surface area contributed by atoms with Crippen LogP contribution in [0.15, 0.2) is 48.5 Å². The molecule has 1 aliphatic rings. The molecule has 34 heavy (non-hydrogen) atoms. The topological polar surface area (TPSA) is 103 Å². The summed E-state index contributed by atoms with van der Waals surface area (Å²) in [6.07, 6.45) is 7.84. The molecule has 2 aromatic rings. The molecule has 1 saturated carbocycles. The maximum Gasteiger partial charge on any atom is 0.338 e. The van der Waals surface area contributed by atoms with Gasteiger partial charge in [-0.05, 0) is 49.2 Å². The lowest BCUT2D eigenvalue weighted by atomic mass is 9.97. The lowest BCUT2D eigenvalue weighted by molar-refractivity contribution is -0.125. The van der Waals surface area contributed by atoms with Crippen LogP contribution in [-0.2, 0) is 14.3 Å². The smallest absolute Gasteiger partial charge is 0.338 e. The Balaban J connectivity index is 1.39. The fourth-order valence-electron chi connectivity index (χ4n) is 3.82. The Kier molecular flexibility index (Phi) is 9.76. The number of amides is 2. The number of carbonyl (C=O) groups excluding carboxylic acids is 3. The maximum atomic E-state index is 12.3. The molecule has 182 valence electrons. The van der Waals surface area contributed by atoms with Crippen molar-refractivity contribution in [3.63, 3.8) is 0 Å². The van der Waals surface area contributed by atoms with Crippen LogP contribution in [0.5, 0.6) is 11.5 Å². The third-order valence-corrected chi connectivity index (χ3v) is 5.62. The number of nitrogens with one attached hydrogen (secondary N) is 2. The molecule has 0 aliphatic heterocycles. The van der Waals surface area contributed by atoms with E-state index >= 15 is 0 Å². The SMILES string of the molecule is COc1cccc(NC(=O)COc2ccc(C(=O)OCC(=O)NC3CCCCCCC3)cc2)c1. The lowest BCUT2D eigenvalue weighted by Gasteiger charge is -2.20. The van der Waals surface area contributed by atoms with Crippen LogP contribution in [0.3, 0.4) is 0 Å². The van der Waals surface area contributed by atoms with Gasteiger partial charge in [-0.1, -0.05) is 38.2 Å². The van der Waals surface area contributed by atoms with Crippen molar-refractivity contribution >= 4 is 23.5 Å². The van der Waals surface area contributed by atoms with Crippen molar-refractivity contribution in [3.8, 4) is 11.5 Å². The predicted octanol–water partition coefficient (Wildman–Crippen LogP) is 4.10. The zero-order valence-electron chi connectivity index (χ0n) is 19.5. The van der Waals surface area contributed by atoms with Gasteiger partial charge in [0.15, 0.2) is 13.2 Å². The van der Waals surface area contributed by atoms with Crippen molar-refractivity contribution in [1.29, 1.82) is 0 Å². The van der Waals surface area contributed by atoms with Gasteiger partial charge in [0.2, 0.25) is 0 Å². The second-order valence-electron chi connectivity index (χ2n) is 8.28. The quantitative estimate of drug-likeness (QED) is 0.537. The highest BCUT2D eigenvalue weighted by Crippen LogP contribution is 2.18. The van der Waals surface area contributed by atoms with E-state index in [1.807, 2.05) is 0 Å². The fourth-order valence-corrected chi connectivity index (χ4v) is 3.82. The number of esters is 1. The first-order valence-corrected chi connectivity index (χ1v) is 11.7. The van der Waals surface area contributed by atoms with Crippen molar-refractivity contribution in [2.45, 2.75) is 51.0 Å². The van der Waals surface area contributed by atoms with Crippen LogP contribution in [0, 0.1) is 0 Å². The van der Waals surface area contributed by atoms with Crippen LogP contribution in [0.1, 0.15) is 55.3 Å². The van der Waals surface area contributed by atoms with E-state index < -0.39 is 5.97 Å². The number of hydrogen-bond acceptors (Lipinski definition) is 6. The molecular formula is C26H32N2O6. The summed E-state index contributed by atoms with van der Waals surface area (Å²) in [5.74, 6) is -0.124. The number of anilines is 1. The summed E-state index contributed by atoms with van der Waals surface area (Å²) in [5, 5.41) is 5.70. The monoisotopic (exact) mass is 468 g/mol. The summed E-state index contributed by atoms with van der Waals surface area (Å²) in [6, 6.07) is 13.4. The number of ether oxygens (including phenoxy) is 3. The van der Waals surface area contributed by atoms with E-state index in [9.17, 15) is 14.4 Å². The molecule has 0 saturated heterocycles. The van der Waals surface area contributed by atoms with Crippen molar-refractivity contribution in [2.75, 3.05) is 25.6 Å². The minimum absolute atomic E-state index is 0.157. The highest BCUT2D eigenvalue weighted by molar-refractivity contribution is 5.92. The first kappa shape index (κ1) is 25.1. The van der Waals surface area contributed by atoms with Crippen LogP contribution in [0.4, 0.5) is 5.69 Å². The molecule has 2 N–H and O–H groups in total. The number of methoxy groups -OCH3 is 1. The van der Waals surface area contributed by atoms with E-state index in [-0.39, 0.29) is 31.1 Å². The molecular weight excluding hydrogens is 436 g/mol. The van der Waals surface area contributed by atoms with Crippen LogP contribution in [-0.4, -0.2) is 44.1 Å². The van der Waals surface area contributed by atoms with Gasteiger partial charge in [0, 0.05) is 17.8 Å². The normalized spacial score (nSPS) is 14.3. The van der Waals surface area contributed by atoms with Crippen LogP contribution in [0.25, 0.3) is 0 Å². The van der Waals surface area contributed by atoms with Gasteiger partial charge in [-0.25, -0.2) is 4.79 Å². The lowest BCUT2D eigenvalue weighted by Crippen LogP contribution is -2.38. The largest absolute Gasteiger partial charge is 0.497 e. The summed E-state index contributed by atoms with van der Waals surface area (Å²) in [7, 11) is 1.55. The molecule has 3 rings (SSSR count). The highest BCUT2D eigenvalue weighted by Gasteiger charge is 2.16. The Bertz CT molecular complexity index is 952. The van der Waals surface area contributed by atoms with Gasteiger partial charge in [0.1, 0.15) is 11.5 Å². The molecule has 0 unspecified atom stereocenters. The third kappa shape index (κ3) is 8.42. The van der Waals surface area contributed by atoms with Gasteiger partial charge in [-0.15, -0.1) is 0 Å². The van der Waals surface area contributed by atoms with E-state index in [1.54, 1.807) is 43.5 Å². The molecule has 0 radical (unpaired) electrons. The summed E-state index contributed by atoms with van der Waals surface area (Å²) < 4.78 is 15.7. The first-order chi connectivity index (χ1) is 16.5. The number of benzene rings is 2. The average molecular weight is 469 g/mol. The van der Waals surface area contributed by atoms with Crippen molar-refractivity contribution in [2.24, 2.45) is 0 Å². The zero-order chi connectivity index (χ0) is 24.2. The molecule has 0 bridgehead atoms. The Labute approximate surface area is 200 Å². The van der Waals surface area contributed by atoms with Gasteiger partial charge in [0.25, 0.3) is 11.8 Å². The molecule has 0 heterocycles. The second kappa shape index (κ2) is 13.2. The summed E-state index contributed by atoms with van der Waals surface area (Å²) in [6.45, 7) is -0.500. The number of hydrogen-bond donors (Lipinski definition) is 2. The third-order valence-electron chi connectivity index (χ3n) is 5.62. The van der Waals surface area contributed by atoms with Gasteiger partial charge in [0.05, 0.1) is 12.7 Å². The van der Waals surface area contributed by atoms with E-state index in [1.165, 1.54) is 31.4 Å². The van der Waals surface area contributed by atoms with Gasteiger partial charge in [-0.3, -0.25) is 9.59 Å². The minimum Gasteiger partial charge on any atom is -0.497 e. The van der Waals surface area contributed by atoms with E-state index in [0.717, 1.165) is 25.7 Å². The van der Waals surface area contributed by atoms with Crippen molar-refractivity contribution in [3.05, 3.63) is 54.1 Å². The maximum absolute atomic E-state index is 12.3. The van der Waals surface area contributed by atoms with Crippen molar-refractivity contribution < 1.29 is 28.6 Å². The highest BCUT2D eigenvalue weighted by atomic mass is 16.5. The van der Waals surface area contributed by atoms with Gasteiger partial charge in [-0.2, -0.15) is 0 Å². The summed E-state index contributed by atoms with van der Waals surface area (Å²) in [5.41, 5.74) is 0.900. The molecule has 0 spiro atoms. The Morgan fingerprint density at radius 2 is 1.56 bits per heavy atom. The van der Waals surface area contributed by atoms with Crippen LogP contribution in [0.2, 0.25) is 0 Å². The van der Waals surface area contributed by atoms with Gasteiger partial charge >= 0.3 is 5.97 Å². The molecule has 1 fully saturated rings. The molecule has 0 aromatic heterocycles. The molecule has 2 aromatic carbocycles. The summed E-state index contributed by atoms with van der Waals surface area (Å²) in [4.78, 5) is 36.5. The number of carbonyl (C=O) groups is 3. The van der Waals surface area contributed by atoms with Crippen molar-refractivity contribution in [1.82, 2.24) is 5.32 Å². The number of rotatable bonds is 9. The molecule has 1 aliphatic carbocycles. The average Bonchev–Trinajstić information content (AvgIpc) is 2.83. The van der Waals surface area contributed by atoms with E-state index in [4.69, 9.17) is 14.2 Å². The molecule has 8 nitrogen and oxygen atoms in total. The zero-order valence-corrected chi connectivity index (χ0v) is 19.5. The van der Waals surface area contributed by atoms with Gasteiger partial charge < -0.3 is 24.8 Å². The Morgan fingerprint density at radius 3 is 2.26 bits per heavy atom. The minimum atomic E-state index is -0.588. The van der Waals surface area contributed by atoms with E-state index in [0.29, 0.717) is 22.7 Å². The Hall–Kier alpha value is -3.55. The Morgan fingerprint density at radius 1 is 0.853 bits per heavy atom. The second-order valence-corrected chi connectivity index (χ2v) is 8.28.